The first kappa shape index (κ1) is 16.8. The van der Waals surface area contributed by atoms with Gasteiger partial charge in [0.2, 0.25) is 0 Å². The largest absolute Gasteiger partial charge is 0.281 e. The molecule has 0 saturated carbocycles. The maximum Gasteiger partial charge on any atom is 0.169 e. The van der Waals surface area contributed by atoms with Crippen molar-refractivity contribution in [3.63, 3.8) is 0 Å². The number of benzene rings is 3. The van der Waals surface area contributed by atoms with Gasteiger partial charge in [0.1, 0.15) is 6.33 Å². The van der Waals surface area contributed by atoms with Crippen LogP contribution in [0.4, 0.5) is 0 Å². The summed E-state index contributed by atoms with van der Waals surface area (Å²) in [4.78, 5) is 4.43. The second-order valence-corrected chi connectivity index (χ2v) is 7.71. The van der Waals surface area contributed by atoms with E-state index in [0.29, 0.717) is 0 Å². The van der Waals surface area contributed by atoms with Crippen molar-refractivity contribution in [1.82, 2.24) is 19.7 Å². The van der Waals surface area contributed by atoms with E-state index in [1.165, 1.54) is 22.3 Å². The molecule has 0 amide bonds. The van der Waals surface area contributed by atoms with Gasteiger partial charge in [-0.25, -0.2) is 4.98 Å². The van der Waals surface area contributed by atoms with Crippen LogP contribution in [0, 0.1) is 13.8 Å². The topological polar surface area (TPSA) is 43.6 Å². The highest BCUT2D eigenvalue weighted by atomic mass is 32.1. The summed E-state index contributed by atoms with van der Waals surface area (Å²) in [6, 6.07) is 21.1. The minimum atomic E-state index is 0.841. The Kier molecular flexibility index (Phi) is 4.02. The second kappa shape index (κ2) is 6.69. The van der Waals surface area contributed by atoms with E-state index < -0.39 is 0 Å². The molecule has 0 spiro atoms. The van der Waals surface area contributed by atoms with Crippen molar-refractivity contribution in [2.24, 2.45) is 0 Å². The van der Waals surface area contributed by atoms with Gasteiger partial charge in [0.05, 0.1) is 21.4 Å². The van der Waals surface area contributed by atoms with Crippen molar-refractivity contribution in [1.29, 1.82) is 0 Å². The van der Waals surface area contributed by atoms with Crippen LogP contribution >= 0.6 is 11.3 Å². The molecule has 0 bridgehead atoms. The van der Waals surface area contributed by atoms with Crippen molar-refractivity contribution < 1.29 is 0 Å². The molecule has 0 N–H and O–H groups in total. The molecular formula is C23H18N4S. The number of aryl methyl sites for hydroxylation is 2. The Morgan fingerprint density at radius 3 is 2.43 bits per heavy atom. The molecule has 5 aromatic rings. The summed E-state index contributed by atoms with van der Waals surface area (Å²) < 4.78 is 3.22. The Morgan fingerprint density at radius 1 is 0.857 bits per heavy atom. The summed E-state index contributed by atoms with van der Waals surface area (Å²) in [5, 5.41) is 8.67. The summed E-state index contributed by atoms with van der Waals surface area (Å²) in [5.41, 5.74) is 9.87. The van der Waals surface area contributed by atoms with Gasteiger partial charge in [0.25, 0.3) is 0 Å². The van der Waals surface area contributed by atoms with Crippen molar-refractivity contribution in [3.05, 3.63) is 83.6 Å². The van der Waals surface area contributed by atoms with Crippen LogP contribution in [0.3, 0.4) is 0 Å². The molecule has 0 fully saturated rings. The highest BCUT2D eigenvalue weighted by Crippen LogP contribution is 2.33. The maximum atomic E-state index is 4.45. The molecule has 0 aliphatic heterocycles. The number of aromatic nitrogens is 4. The fourth-order valence-electron chi connectivity index (χ4n) is 3.78. The lowest BCUT2D eigenvalue weighted by atomic mass is 9.98. The first-order valence-corrected chi connectivity index (χ1v) is 10.00. The first-order chi connectivity index (χ1) is 13.7. The zero-order chi connectivity index (χ0) is 19.1. The minimum Gasteiger partial charge on any atom is -0.281 e. The molecule has 0 saturated heterocycles. The maximum absolute atomic E-state index is 4.45. The average molecular weight is 382 g/mol. The Balaban J connectivity index is 1.68. The third kappa shape index (κ3) is 2.72. The lowest BCUT2D eigenvalue weighted by molar-refractivity contribution is 1.03. The van der Waals surface area contributed by atoms with E-state index in [9.17, 15) is 0 Å². The Morgan fingerprint density at radius 2 is 1.64 bits per heavy atom. The zero-order valence-electron chi connectivity index (χ0n) is 15.6. The van der Waals surface area contributed by atoms with E-state index in [2.05, 4.69) is 76.1 Å². The summed E-state index contributed by atoms with van der Waals surface area (Å²) >= 11 is 1.63. The molecule has 2 aromatic heterocycles. The predicted molar refractivity (Wildman–Crippen MR) is 115 cm³/mol. The zero-order valence-corrected chi connectivity index (χ0v) is 16.4. The van der Waals surface area contributed by atoms with Crippen LogP contribution in [0.25, 0.3) is 38.4 Å². The van der Waals surface area contributed by atoms with E-state index in [-0.39, 0.29) is 0 Å². The Labute approximate surface area is 167 Å². The summed E-state index contributed by atoms with van der Waals surface area (Å²) in [6.45, 7) is 4.29. The fourth-order valence-corrected chi connectivity index (χ4v) is 4.58. The van der Waals surface area contributed by atoms with Gasteiger partial charge in [-0.2, -0.15) is 0 Å². The fraction of sp³-hybridized carbons (Fsp3) is 0.0870. The summed E-state index contributed by atoms with van der Waals surface area (Å²) in [7, 11) is 0. The SMILES string of the molecule is Cc1cc(-c2ccccc2)cc(C)c1-n1cnnc1-c1cccc2ncsc12. The standard InChI is InChI=1S/C23H18N4S/c1-15-11-18(17-7-4-3-5-8-17)12-16(2)21(15)27-13-25-26-23(27)19-9-6-10-20-22(19)28-14-24-20/h3-14H,1-2H3. The van der Waals surface area contributed by atoms with Gasteiger partial charge >= 0.3 is 0 Å². The highest BCUT2D eigenvalue weighted by Gasteiger charge is 2.17. The molecule has 0 unspecified atom stereocenters. The van der Waals surface area contributed by atoms with Crippen molar-refractivity contribution in [3.8, 4) is 28.2 Å². The van der Waals surface area contributed by atoms with Crippen LogP contribution < -0.4 is 0 Å². The number of rotatable bonds is 3. The molecular weight excluding hydrogens is 364 g/mol. The molecule has 136 valence electrons. The highest BCUT2D eigenvalue weighted by molar-refractivity contribution is 7.17. The summed E-state index contributed by atoms with van der Waals surface area (Å²) in [5.74, 6) is 0.841. The number of hydrogen-bond donors (Lipinski definition) is 0. The van der Waals surface area contributed by atoms with Crippen molar-refractivity contribution in [2.75, 3.05) is 0 Å². The molecule has 4 nitrogen and oxygen atoms in total. The van der Waals surface area contributed by atoms with Gasteiger partial charge in [0.15, 0.2) is 5.82 Å². The molecule has 5 rings (SSSR count). The van der Waals surface area contributed by atoms with Crippen LogP contribution in [0.5, 0.6) is 0 Å². The summed E-state index contributed by atoms with van der Waals surface area (Å²) in [6.07, 6.45) is 1.80. The van der Waals surface area contributed by atoms with Crippen molar-refractivity contribution in [2.45, 2.75) is 13.8 Å². The van der Waals surface area contributed by atoms with Crippen molar-refractivity contribution >= 4 is 21.6 Å². The van der Waals surface area contributed by atoms with Gasteiger partial charge in [-0.15, -0.1) is 21.5 Å². The molecule has 3 aromatic carbocycles. The number of fused-ring (bicyclic) bond motifs is 1. The predicted octanol–water partition coefficient (Wildman–Crippen LogP) is 5.83. The van der Waals surface area contributed by atoms with Crippen LogP contribution in [0.1, 0.15) is 11.1 Å². The van der Waals surface area contributed by atoms with E-state index in [0.717, 1.165) is 27.3 Å². The first-order valence-electron chi connectivity index (χ1n) is 9.12. The lowest BCUT2D eigenvalue weighted by Gasteiger charge is -2.15. The quantitative estimate of drug-likeness (QED) is 0.394. The van der Waals surface area contributed by atoms with E-state index >= 15 is 0 Å². The third-order valence-corrected chi connectivity index (χ3v) is 5.86. The van der Waals surface area contributed by atoms with Crippen LogP contribution in [-0.2, 0) is 0 Å². The third-order valence-electron chi connectivity index (χ3n) is 4.98. The van der Waals surface area contributed by atoms with Gasteiger partial charge in [-0.1, -0.05) is 36.4 Å². The van der Waals surface area contributed by atoms with Gasteiger partial charge < -0.3 is 0 Å². The van der Waals surface area contributed by atoms with Gasteiger partial charge in [0, 0.05) is 5.56 Å². The molecule has 0 atom stereocenters. The molecule has 5 heteroatoms. The van der Waals surface area contributed by atoms with E-state index in [4.69, 9.17) is 0 Å². The van der Waals surface area contributed by atoms with E-state index in [1.807, 2.05) is 23.7 Å². The van der Waals surface area contributed by atoms with Crippen LogP contribution in [0.2, 0.25) is 0 Å². The van der Waals surface area contributed by atoms with Crippen LogP contribution in [-0.4, -0.2) is 19.7 Å². The average Bonchev–Trinajstić information content (AvgIpc) is 3.37. The molecule has 2 heterocycles. The number of hydrogen-bond acceptors (Lipinski definition) is 4. The molecule has 28 heavy (non-hydrogen) atoms. The van der Waals surface area contributed by atoms with Gasteiger partial charge in [-0.3, -0.25) is 4.57 Å². The molecule has 0 aliphatic carbocycles. The second-order valence-electron chi connectivity index (χ2n) is 6.86. The smallest absolute Gasteiger partial charge is 0.169 e. The lowest BCUT2D eigenvalue weighted by Crippen LogP contribution is -2.02. The van der Waals surface area contributed by atoms with E-state index in [1.54, 1.807) is 17.7 Å². The Bertz CT molecular complexity index is 1260. The number of nitrogens with zero attached hydrogens (tertiary/aromatic N) is 4. The minimum absolute atomic E-state index is 0.841. The van der Waals surface area contributed by atoms with Gasteiger partial charge in [-0.05, 0) is 60.4 Å². The van der Waals surface area contributed by atoms with Crippen LogP contribution in [0.15, 0.2) is 72.5 Å². The monoisotopic (exact) mass is 382 g/mol. The normalized spacial score (nSPS) is 11.2. The number of thiazole rings is 1. The molecule has 0 aliphatic rings. The Hall–Kier alpha value is -3.31. The molecule has 0 radical (unpaired) electrons.